The van der Waals surface area contributed by atoms with E-state index in [0.29, 0.717) is 24.1 Å². The molecule has 0 saturated carbocycles. The number of likely N-dealkylation sites (N-methyl/N-ethyl adjacent to an activating group) is 1. The number of rotatable bonds is 7. The summed E-state index contributed by atoms with van der Waals surface area (Å²) in [6.07, 6.45) is 1.70. The molecule has 0 aliphatic carbocycles. The van der Waals surface area contributed by atoms with Crippen molar-refractivity contribution in [2.45, 2.75) is 45.2 Å². The van der Waals surface area contributed by atoms with E-state index in [2.05, 4.69) is 5.32 Å². The Balaban J connectivity index is 1.41. The lowest BCUT2D eigenvalue weighted by Crippen LogP contribution is -2.62. The van der Waals surface area contributed by atoms with Crippen LogP contribution >= 0.6 is 0 Å². The number of nitrogens with zero attached hydrogens (tertiary/aromatic N) is 3. The van der Waals surface area contributed by atoms with Crippen molar-refractivity contribution < 1.29 is 19.2 Å². The highest BCUT2D eigenvalue weighted by Crippen LogP contribution is 2.43. The van der Waals surface area contributed by atoms with Crippen molar-refractivity contribution in [1.82, 2.24) is 9.80 Å². The van der Waals surface area contributed by atoms with Gasteiger partial charge in [-0.1, -0.05) is 37.3 Å². The fourth-order valence-corrected chi connectivity index (χ4v) is 4.88. The van der Waals surface area contributed by atoms with Gasteiger partial charge in [-0.15, -0.1) is 0 Å². The molecule has 8 nitrogen and oxygen atoms in total. The summed E-state index contributed by atoms with van der Waals surface area (Å²) in [5.41, 5.74) is 2.05. The molecular formula is C26H30N4O4. The number of hydrogen-bond acceptors (Lipinski definition) is 4. The van der Waals surface area contributed by atoms with Crippen LogP contribution in [-0.4, -0.2) is 59.2 Å². The Bertz CT molecular complexity index is 1150. The van der Waals surface area contributed by atoms with Crippen molar-refractivity contribution in [2.75, 3.05) is 30.4 Å². The molecule has 1 atom stereocenters. The number of carbonyl (C=O) groups is 4. The number of nitrogens with one attached hydrogen (secondary N) is 1. The molecule has 8 heteroatoms. The number of anilines is 2. The zero-order valence-electron chi connectivity index (χ0n) is 19.8. The Morgan fingerprint density at radius 1 is 1.09 bits per heavy atom. The number of fused-ring (bicyclic) bond motifs is 3. The van der Waals surface area contributed by atoms with Crippen molar-refractivity contribution >= 4 is 35.0 Å². The Labute approximate surface area is 199 Å². The van der Waals surface area contributed by atoms with E-state index in [1.54, 1.807) is 35.0 Å². The number of para-hydroxylation sites is 2. The second-order valence-corrected chi connectivity index (χ2v) is 8.98. The molecule has 1 N–H and O–H groups in total. The molecule has 0 spiro atoms. The SMILES string of the molecule is CCc1ccccc1NC(=O)CN(C)C(=O)CCN1C(=O)c2ccccc2N2C(=O)CCC12C. The van der Waals surface area contributed by atoms with Crippen molar-refractivity contribution in [3.05, 3.63) is 59.7 Å². The second kappa shape index (κ2) is 9.29. The monoisotopic (exact) mass is 462 g/mol. The fourth-order valence-electron chi connectivity index (χ4n) is 4.88. The van der Waals surface area contributed by atoms with Crippen LogP contribution in [0.15, 0.2) is 48.5 Å². The van der Waals surface area contributed by atoms with Gasteiger partial charge in [0.05, 0.1) is 17.8 Å². The van der Waals surface area contributed by atoms with E-state index < -0.39 is 5.66 Å². The van der Waals surface area contributed by atoms with Gasteiger partial charge < -0.3 is 15.1 Å². The van der Waals surface area contributed by atoms with Crippen LogP contribution in [0.1, 0.15) is 49.0 Å². The molecule has 4 amide bonds. The van der Waals surface area contributed by atoms with Gasteiger partial charge in [-0.2, -0.15) is 0 Å². The van der Waals surface area contributed by atoms with Crippen LogP contribution in [-0.2, 0) is 20.8 Å². The van der Waals surface area contributed by atoms with Gasteiger partial charge in [0.1, 0.15) is 5.66 Å². The highest BCUT2D eigenvalue weighted by molar-refractivity contribution is 6.10. The van der Waals surface area contributed by atoms with E-state index in [1.807, 2.05) is 44.2 Å². The van der Waals surface area contributed by atoms with Gasteiger partial charge in [-0.05, 0) is 43.5 Å². The predicted octanol–water partition coefficient (Wildman–Crippen LogP) is 3.04. The minimum Gasteiger partial charge on any atom is -0.336 e. The average Bonchev–Trinajstić information content (AvgIpc) is 3.14. The third-order valence-corrected chi connectivity index (χ3v) is 6.77. The Morgan fingerprint density at radius 2 is 1.79 bits per heavy atom. The van der Waals surface area contributed by atoms with Crippen molar-refractivity contribution in [2.24, 2.45) is 0 Å². The number of amides is 4. The van der Waals surface area contributed by atoms with Crippen molar-refractivity contribution in [3.63, 3.8) is 0 Å². The highest BCUT2D eigenvalue weighted by Gasteiger charge is 2.52. The molecule has 1 saturated heterocycles. The van der Waals surface area contributed by atoms with E-state index in [0.717, 1.165) is 17.7 Å². The highest BCUT2D eigenvalue weighted by atomic mass is 16.2. The smallest absolute Gasteiger partial charge is 0.257 e. The maximum Gasteiger partial charge on any atom is 0.257 e. The Morgan fingerprint density at radius 3 is 2.56 bits per heavy atom. The molecule has 4 rings (SSSR count). The molecule has 0 aromatic heterocycles. The molecule has 0 radical (unpaired) electrons. The molecule has 2 heterocycles. The Kier molecular flexibility index (Phi) is 6.41. The van der Waals surface area contributed by atoms with E-state index in [9.17, 15) is 19.2 Å². The third-order valence-electron chi connectivity index (χ3n) is 6.77. The standard InChI is InChI=1S/C26H30N4O4/c1-4-18-9-5-7-11-20(18)27-22(31)17-28(3)23(32)14-16-29-25(34)19-10-6-8-12-21(19)30-24(33)13-15-26(29,30)2/h5-12H,4,13-17H2,1-3H3,(H,27,31). The minimum absolute atomic E-state index is 0.0278. The summed E-state index contributed by atoms with van der Waals surface area (Å²) < 4.78 is 0. The van der Waals surface area contributed by atoms with Gasteiger partial charge >= 0.3 is 0 Å². The summed E-state index contributed by atoms with van der Waals surface area (Å²) in [6.45, 7) is 3.96. The van der Waals surface area contributed by atoms with Gasteiger partial charge in [-0.3, -0.25) is 24.1 Å². The lowest BCUT2D eigenvalue weighted by molar-refractivity contribution is -0.133. The second-order valence-electron chi connectivity index (χ2n) is 8.98. The first-order valence-electron chi connectivity index (χ1n) is 11.6. The van der Waals surface area contributed by atoms with Crippen LogP contribution in [0, 0.1) is 0 Å². The maximum absolute atomic E-state index is 13.3. The summed E-state index contributed by atoms with van der Waals surface area (Å²) >= 11 is 0. The lowest BCUT2D eigenvalue weighted by atomic mass is 9.98. The van der Waals surface area contributed by atoms with Gasteiger partial charge in [0, 0.05) is 32.1 Å². The first-order chi connectivity index (χ1) is 16.3. The van der Waals surface area contributed by atoms with E-state index in [1.165, 1.54) is 4.90 Å². The average molecular weight is 463 g/mol. The molecule has 2 aliphatic heterocycles. The number of benzene rings is 2. The van der Waals surface area contributed by atoms with Crippen molar-refractivity contribution in [1.29, 1.82) is 0 Å². The minimum atomic E-state index is -0.803. The zero-order chi connectivity index (χ0) is 24.5. The summed E-state index contributed by atoms with van der Waals surface area (Å²) in [5.74, 6) is -0.738. The summed E-state index contributed by atoms with van der Waals surface area (Å²) in [6, 6.07) is 14.7. The number of aryl methyl sites for hydroxylation is 1. The van der Waals surface area contributed by atoms with Crippen LogP contribution in [0.2, 0.25) is 0 Å². The topological polar surface area (TPSA) is 90.0 Å². The third kappa shape index (κ3) is 4.16. The number of hydrogen-bond donors (Lipinski definition) is 1. The molecule has 2 aromatic rings. The van der Waals surface area contributed by atoms with Gasteiger partial charge in [-0.25, -0.2) is 0 Å². The molecule has 2 aliphatic rings. The fraction of sp³-hybridized carbons (Fsp3) is 0.385. The van der Waals surface area contributed by atoms with E-state index >= 15 is 0 Å². The lowest BCUT2D eigenvalue weighted by Gasteiger charge is -2.48. The first kappa shape index (κ1) is 23.5. The first-order valence-corrected chi connectivity index (χ1v) is 11.6. The van der Waals surface area contributed by atoms with Crippen LogP contribution in [0.5, 0.6) is 0 Å². The van der Waals surface area contributed by atoms with Crippen molar-refractivity contribution in [3.8, 4) is 0 Å². The summed E-state index contributed by atoms with van der Waals surface area (Å²) in [5, 5.41) is 2.87. The maximum atomic E-state index is 13.3. The van der Waals surface area contributed by atoms with Crippen LogP contribution in [0.3, 0.4) is 0 Å². The van der Waals surface area contributed by atoms with Crippen LogP contribution in [0.4, 0.5) is 11.4 Å². The predicted molar refractivity (Wildman–Crippen MR) is 129 cm³/mol. The normalized spacial score (nSPS) is 19.0. The van der Waals surface area contributed by atoms with E-state index in [4.69, 9.17) is 0 Å². The van der Waals surface area contributed by atoms with Crippen LogP contribution in [0.25, 0.3) is 0 Å². The molecule has 2 aromatic carbocycles. The van der Waals surface area contributed by atoms with Gasteiger partial charge in [0.15, 0.2) is 0 Å². The van der Waals surface area contributed by atoms with Gasteiger partial charge in [0.25, 0.3) is 5.91 Å². The van der Waals surface area contributed by atoms with E-state index in [-0.39, 0.29) is 43.1 Å². The van der Waals surface area contributed by atoms with Crippen LogP contribution < -0.4 is 10.2 Å². The zero-order valence-corrected chi connectivity index (χ0v) is 19.8. The Hall–Kier alpha value is -3.68. The quantitative estimate of drug-likeness (QED) is 0.685. The molecule has 1 fully saturated rings. The van der Waals surface area contributed by atoms with Gasteiger partial charge in [0.2, 0.25) is 17.7 Å². The molecule has 34 heavy (non-hydrogen) atoms. The largest absolute Gasteiger partial charge is 0.336 e. The summed E-state index contributed by atoms with van der Waals surface area (Å²) in [4.78, 5) is 56.0. The molecule has 0 bridgehead atoms. The number of carbonyl (C=O) groups excluding carboxylic acids is 4. The molecular weight excluding hydrogens is 432 g/mol. The molecule has 178 valence electrons. The summed E-state index contributed by atoms with van der Waals surface area (Å²) in [7, 11) is 1.58. The molecule has 1 unspecified atom stereocenters.